The van der Waals surface area contributed by atoms with Gasteiger partial charge in [0, 0.05) is 37.3 Å². The molecule has 1 aromatic heterocycles. The van der Waals surface area contributed by atoms with Gasteiger partial charge in [-0.3, -0.25) is 9.78 Å². The van der Waals surface area contributed by atoms with Crippen LogP contribution in [0.4, 0.5) is 0 Å². The van der Waals surface area contributed by atoms with E-state index in [-0.39, 0.29) is 24.8 Å². The summed E-state index contributed by atoms with van der Waals surface area (Å²) >= 11 is 0. The van der Waals surface area contributed by atoms with Gasteiger partial charge in [-0.1, -0.05) is 6.07 Å². The van der Waals surface area contributed by atoms with Crippen LogP contribution in [0.15, 0.2) is 24.4 Å². The lowest BCUT2D eigenvalue weighted by Gasteiger charge is -2.25. The van der Waals surface area contributed by atoms with Gasteiger partial charge in [-0.2, -0.15) is 4.31 Å². The number of nitrogens with zero attached hydrogens (tertiary/aromatic N) is 2. The highest BCUT2D eigenvalue weighted by atomic mass is 32.2. The van der Waals surface area contributed by atoms with Crippen LogP contribution in [-0.2, 0) is 21.2 Å². The van der Waals surface area contributed by atoms with Gasteiger partial charge in [-0.25, -0.2) is 8.42 Å². The van der Waals surface area contributed by atoms with Crippen LogP contribution in [0, 0.1) is 0 Å². The fourth-order valence-corrected chi connectivity index (χ4v) is 3.75. The Balaban J connectivity index is 2.64. The fraction of sp³-hybridized carbons (Fsp3) is 0.571. The maximum Gasteiger partial charge on any atom is 0.303 e. The summed E-state index contributed by atoms with van der Waals surface area (Å²) in [6.45, 7) is 3.81. The summed E-state index contributed by atoms with van der Waals surface area (Å²) in [4.78, 5) is 14.6. The van der Waals surface area contributed by atoms with Crippen molar-refractivity contribution in [3.05, 3.63) is 30.1 Å². The third kappa shape index (κ3) is 6.22. The Labute approximate surface area is 125 Å². The third-order valence-electron chi connectivity index (χ3n) is 3.04. The van der Waals surface area contributed by atoms with E-state index in [1.165, 1.54) is 4.31 Å². The van der Waals surface area contributed by atoms with Gasteiger partial charge in [0.05, 0.1) is 5.75 Å². The van der Waals surface area contributed by atoms with Crippen LogP contribution in [-0.4, -0.2) is 47.1 Å². The standard InChI is InChI=1S/C14H22N2O4S/c1-12(2)16(10-5-7-14(17)18)21(19,20)11-8-13-6-3-4-9-15-13/h3-4,6,9,12H,5,7-8,10-11H2,1-2H3,(H,17,18). The number of carbonyl (C=O) groups is 1. The molecule has 0 atom stereocenters. The molecule has 0 saturated heterocycles. The summed E-state index contributed by atoms with van der Waals surface area (Å²) in [5.74, 6) is -0.931. The van der Waals surface area contributed by atoms with Gasteiger partial charge < -0.3 is 5.11 Å². The summed E-state index contributed by atoms with van der Waals surface area (Å²) in [5, 5.41) is 8.64. The zero-order valence-corrected chi connectivity index (χ0v) is 13.2. The molecule has 0 aliphatic carbocycles. The van der Waals surface area contributed by atoms with Crippen LogP contribution in [0.1, 0.15) is 32.4 Å². The number of rotatable bonds is 9. The number of hydrogen-bond acceptors (Lipinski definition) is 4. The molecule has 0 amide bonds. The monoisotopic (exact) mass is 314 g/mol. The molecule has 1 aromatic rings. The Bertz CT molecular complexity index is 543. The smallest absolute Gasteiger partial charge is 0.303 e. The van der Waals surface area contributed by atoms with Crippen molar-refractivity contribution in [2.45, 2.75) is 39.2 Å². The minimum atomic E-state index is -3.42. The van der Waals surface area contributed by atoms with Crippen LogP contribution in [0.25, 0.3) is 0 Å². The molecule has 6 nitrogen and oxygen atoms in total. The average molecular weight is 314 g/mol. The molecule has 0 fully saturated rings. The van der Waals surface area contributed by atoms with Crippen molar-refractivity contribution in [3.8, 4) is 0 Å². The number of sulfonamides is 1. The van der Waals surface area contributed by atoms with Crippen molar-refractivity contribution in [1.29, 1.82) is 0 Å². The summed E-state index contributed by atoms with van der Waals surface area (Å²) < 4.78 is 26.1. The van der Waals surface area contributed by atoms with Gasteiger partial charge >= 0.3 is 5.97 Å². The van der Waals surface area contributed by atoms with Gasteiger partial charge in [-0.05, 0) is 32.4 Å². The Morgan fingerprint density at radius 1 is 1.38 bits per heavy atom. The molecule has 1 heterocycles. The number of aliphatic carboxylic acids is 1. The Kier molecular flexibility index (Phi) is 6.77. The highest BCUT2D eigenvalue weighted by molar-refractivity contribution is 7.89. The molecule has 118 valence electrons. The van der Waals surface area contributed by atoms with E-state index >= 15 is 0 Å². The van der Waals surface area contributed by atoms with Crippen molar-refractivity contribution >= 4 is 16.0 Å². The Morgan fingerprint density at radius 3 is 2.62 bits per heavy atom. The van der Waals surface area contributed by atoms with Gasteiger partial charge in [0.15, 0.2) is 0 Å². The summed E-state index contributed by atoms with van der Waals surface area (Å²) in [5.41, 5.74) is 0.732. The van der Waals surface area contributed by atoms with E-state index in [0.717, 1.165) is 5.69 Å². The highest BCUT2D eigenvalue weighted by Crippen LogP contribution is 2.11. The van der Waals surface area contributed by atoms with E-state index in [9.17, 15) is 13.2 Å². The van der Waals surface area contributed by atoms with Crippen LogP contribution in [0.3, 0.4) is 0 Å². The minimum Gasteiger partial charge on any atom is -0.481 e. The lowest BCUT2D eigenvalue weighted by atomic mass is 10.3. The lowest BCUT2D eigenvalue weighted by molar-refractivity contribution is -0.137. The molecular weight excluding hydrogens is 292 g/mol. The summed E-state index contributed by atoms with van der Waals surface area (Å²) in [7, 11) is -3.42. The molecule has 7 heteroatoms. The molecule has 0 aliphatic heterocycles. The van der Waals surface area contributed by atoms with Gasteiger partial charge in [-0.15, -0.1) is 0 Å². The predicted molar refractivity (Wildman–Crippen MR) is 80.4 cm³/mol. The quantitative estimate of drug-likeness (QED) is 0.747. The van der Waals surface area contributed by atoms with E-state index in [1.807, 2.05) is 6.07 Å². The fourth-order valence-electron chi connectivity index (χ4n) is 2.00. The Hall–Kier alpha value is -1.47. The zero-order valence-electron chi connectivity index (χ0n) is 12.4. The lowest BCUT2D eigenvalue weighted by Crippen LogP contribution is -2.39. The summed E-state index contributed by atoms with van der Waals surface area (Å²) in [6.07, 6.45) is 2.27. The second-order valence-corrected chi connectivity index (χ2v) is 7.13. The molecule has 0 unspecified atom stereocenters. The molecule has 1 N–H and O–H groups in total. The average Bonchev–Trinajstić information content (AvgIpc) is 2.42. The molecule has 1 rings (SSSR count). The van der Waals surface area contributed by atoms with E-state index < -0.39 is 16.0 Å². The first-order chi connectivity index (χ1) is 9.83. The minimum absolute atomic E-state index is 0.0186. The highest BCUT2D eigenvalue weighted by Gasteiger charge is 2.24. The van der Waals surface area contributed by atoms with Crippen molar-refractivity contribution in [3.63, 3.8) is 0 Å². The van der Waals surface area contributed by atoms with Gasteiger partial charge in [0.25, 0.3) is 0 Å². The summed E-state index contributed by atoms with van der Waals surface area (Å²) in [6, 6.07) is 5.21. The third-order valence-corrected chi connectivity index (χ3v) is 5.08. The number of hydrogen-bond donors (Lipinski definition) is 1. The van der Waals surface area contributed by atoms with Crippen LogP contribution >= 0.6 is 0 Å². The number of pyridine rings is 1. The first kappa shape index (κ1) is 17.6. The topological polar surface area (TPSA) is 87.6 Å². The number of aryl methyl sites for hydroxylation is 1. The maximum atomic E-state index is 12.4. The normalized spacial score (nSPS) is 12.0. The van der Waals surface area contributed by atoms with E-state index in [0.29, 0.717) is 12.8 Å². The molecule has 0 bridgehead atoms. The van der Waals surface area contributed by atoms with E-state index in [1.54, 1.807) is 32.2 Å². The number of carboxylic acid groups (broad SMARTS) is 1. The second kappa shape index (κ2) is 8.09. The molecule has 0 saturated carbocycles. The van der Waals surface area contributed by atoms with Crippen molar-refractivity contribution in [1.82, 2.24) is 9.29 Å². The number of carboxylic acids is 1. The van der Waals surface area contributed by atoms with Crippen molar-refractivity contribution in [2.24, 2.45) is 0 Å². The predicted octanol–water partition coefficient (Wildman–Crippen LogP) is 1.53. The van der Waals surface area contributed by atoms with E-state index in [2.05, 4.69) is 4.98 Å². The first-order valence-electron chi connectivity index (χ1n) is 6.94. The van der Waals surface area contributed by atoms with Crippen molar-refractivity contribution < 1.29 is 18.3 Å². The molecule has 21 heavy (non-hydrogen) atoms. The Morgan fingerprint density at radius 2 is 2.10 bits per heavy atom. The first-order valence-corrected chi connectivity index (χ1v) is 8.55. The molecule has 0 aromatic carbocycles. The largest absolute Gasteiger partial charge is 0.481 e. The SMILES string of the molecule is CC(C)N(CCCC(=O)O)S(=O)(=O)CCc1ccccn1. The maximum absolute atomic E-state index is 12.4. The van der Waals surface area contributed by atoms with E-state index in [4.69, 9.17) is 5.11 Å². The number of aromatic nitrogens is 1. The molecule has 0 aliphatic rings. The second-order valence-electron chi connectivity index (χ2n) is 5.09. The molecule has 0 radical (unpaired) electrons. The molecule has 0 spiro atoms. The van der Waals surface area contributed by atoms with Crippen LogP contribution in [0.5, 0.6) is 0 Å². The van der Waals surface area contributed by atoms with Gasteiger partial charge in [0.1, 0.15) is 0 Å². The zero-order chi connectivity index (χ0) is 15.9. The van der Waals surface area contributed by atoms with Crippen LogP contribution in [0.2, 0.25) is 0 Å². The molecular formula is C14H22N2O4S. The van der Waals surface area contributed by atoms with Gasteiger partial charge in [0.2, 0.25) is 10.0 Å². The van der Waals surface area contributed by atoms with Crippen molar-refractivity contribution in [2.75, 3.05) is 12.3 Å². The van der Waals surface area contributed by atoms with Crippen LogP contribution < -0.4 is 0 Å².